The SMILES string of the molecule is CC(C)(C)c1ccc(-c2nc(N[C@H](CO)C(=O)[O-])c3ccccc3n2)cc1. The monoisotopic (exact) mass is 364 g/mol. The number of carbonyl (C=O) groups excluding carboxylic acids is 1. The van der Waals surface area contributed by atoms with Crippen LogP contribution in [0.2, 0.25) is 0 Å². The third kappa shape index (κ3) is 4.06. The van der Waals surface area contributed by atoms with Crippen LogP contribution in [0.5, 0.6) is 0 Å². The van der Waals surface area contributed by atoms with E-state index in [4.69, 9.17) is 0 Å². The predicted octanol–water partition coefficient (Wildman–Crippen LogP) is 2.12. The summed E-state index contributed by atoms with van der Waals surface area (Å²) in [5.74, 6) is -0.568. The Morgan fingerprint density at radius 2 is 1.78 bits per heavy atom. The minimum atomic E-state index is -1.39. The summed E-state index contributed by atoms with van der Waals surface area (Å²) in [6.07, 6.45) is 0. The van der Waals surface area contributed by atoms with Gasteiger partial charge in [-0.15, -0.1) is 0 Å². The van der Waals surface area contributed by atoms with E-state index in [9.17, 15) is 15.0 Å². The smallest absolute Gasteiger partial charge is 0.162 e. The summed E-state index contributed by atoms with van der Waals surface area (Å²) in [4.78, 5) is 20.3. The normalized spacial score (nSPS) is 12.7. The number of anilines is 1. The van der Waals surface area contributed by atoms with Crippen molar-refractivity contribution in [1.29, 1.82) is 0 Å². The van der Waals surface area contributed by atoms with E-state index in [0.717, 1.165) is 5.56 Å². The fourth-order valence-corrected chi connectivity index (χ4v) is 2.78. The molecule has 0 fully saturated rings. The van der Waals surface area contributed by atoms with Gasteiger partial charge >= 0.3 is 0 Å². The van der Waals surface area contributed by atoms with Crippen molar-refractivity contribution in [2.75, 3.05) is 11.9 Å². The van der Waals surface area contributed by atoms with Crippen LogP contribution >= 0.6 is 0 Å². The van der Waals surface area contributed by atoms with Crippen molar-refractivity contribution in [3.8, 4) is 11.4 Å². The number of aliphatic hydroxyl groups is 1. The van der Waals surface area contributed by atoms with Crippen molar-refractivity contribution in [1.82, 2.24) is 9.97 Å². The van der Waals surface area contributed by atoms with Crippen molar-refractivity contribution in [2.45, 2.75) is 32.2 Å². The average molecular weight is 364 g/mol. The standard InChI is InChI=1S/C21H23N3O3/c1-21(2,3)14-10-8-13(9-11-14)18-22-16-7-5-4-6-15(16)19(24-18)23-17(12-25)20(26)27/h4-11,17,25H,12H2,1-3H3,(H,26,27)(H,22,23,24)/p-1/t17-/m1/s1. The molecule has 0 unspecified atom stereocenters. The molecule has 2 aromatic carbocycles. The number of aromatic nitrogens is 2. The molecule has 0 aliphatic carbocycles. The molecule has 0 amide bonds. The van der Waals surface area contributed by atoms with Crippen LogP contribution in [0.3, 0.4) is 0 Å². The number of hydrogen-bond donors (Lipinski definition) is 2. The second kappa shape index (κ2) is 7.32. The van der Waals surface area contributed by atoms with Crippen molar-refractivity contribution < 1.29 is 15.0 Å². The van der Waals surface area contributed by atoms with Gasteiger partial charge in [0, 0.05) is 10.9 Å². The Morgan fingerprint density at radius 3 is 2.37 bits per heavy atom. The van der Waals surface area contributed by atoms with Crippen LogP contribution in [0.15, 0.2) is 48.5 Å². The highest BCUT2D eigenvalue weighted by atomic mass is 16.4. The first-order chi connectivity index (χ1) is 12.8. The number of benzene rings is 2. The Bertz CT molecular complexity index is 963. The van der Waals surface area contributed by atoms with Crippen LogP contribution in [0, 0.1) is 0 Å². The van der Waals surface area contributed by atoms with Gasteiger partial charge in [0.2, 0.25) is 0 Å². The number of para-hydroxylation sites is 1. The van der Waals surface area contributed by atoms with Gasteiger partial charge in [-0.25, -0.2) is 9.97 Å². The molecule has 0 saturated heterocycles. The molecule has 1 heterocycles. The quantitative estimate of drug-likeness (QED) is 0.720. The molecule has 0 aliphatic rings. The summed E-state index contributed by atoms with van der Waals surface area (Å²) in [6, 6.07) is 14.1. The third-order valence-electron chi connectivity index (χ3n) is 4.39. The molecule has 0 spiro atoms. The van der Waals surface area contributed by atoms with E-state index in [0.29, 0.717) is 22.5 Å². The molecule has 27 heavy (non-hydrogen) atoms. The molecule has 6 heteroatoms. The Hall–Kier alpha value is -2.99. The molecule has 3 aromatic rings. The number of aliphatic carboxylic acids is 1. The number of fused-ring (bicyclic) bond motifs is 1. The highest BCUT2D eigenvalue weighted by Gasteiger charge is 2.16. The summed E-state index contributed by atoms with van der Waals surface area (Å²) < 4.78 is 0. The Balaban J connectivity index is 2.07. The first kappa shape index (κ1) is 18.8. The molecular weight excluding hydrogens is 342 g/mol. The Labute approximate surface area is 157 Å². The second-order valence-corrected chi connectivity index (χ2v) is 7.44. The first-order valence-electron chi connectivity index (χ1n) is 8.75. The molecule has 0 bridgehead atoms. The summed E-state index contributed by atoms with van der Waals surface area (Å²) in [6.45, 7) is 5.83. The number of carboxylic acid groups (broad SMARTS) is 1. The molecule has 1 aromatic heterocycles. The van der Waals surface area contributed by atoms with Crippen molar-refractivity contribution in [2.24, 2.45) is 0 Å². The van der Waals surface area contributed by atoms with E-state index in [1.165, 1.54) is 5.56 Å². The Kier molecular flexibility index (Phi) is 5.10. The fraction of sp³-hybridized carbons (Fsp3) is 0.286. The summed E-state index contributed by atoms with van der Waals surface area (Å²) >= 11 is 0. The lowest BCUT2D eigenvalue weighted by molar-refractivity contribution is -0.307. The summed E-state index contributed by atoms with van der Waals surface area (Å²) in [5, 5.41) is 23.9. The summed E-state index contributed by atoms with van der Waals surface area (Å²) in [5.41, 5.74) is 2.74. The van der Waals surface area contributed by atoms with Crippen LogP contribution in [-0.2, 0) is 10.2 Å². The lowest BCUT2D eigenvalue weighted by Gasteiger charge is -2.20. The van der Waals surface area contributed by atoms with Crippen molar-refractivity contribution >= 4 is 22.7 Å². The predicted molar refractivity (Wildman–Crippen MR) is 103 cm³/mol. The lowest BCUT2D eigenvalue weighted by atomic mass is 9.87. The number of carboxylic acids is 1. The molecule has 2 N–H and O–H groups in total. The Morgan fingerprint density at radius 1 is 1.11 bits per heavy atom. The van der Waals surface area contributed by atoms with Gasteiger partial charge in [-0.1, -0.05) is 57.2 Å². The van der Waals surface area contributed by atoms with E-state index < -0.39 is 18.6 Å². The van der Waals surface area contributed by atoms with E-state index >= 15 is 0 Å². The molecule has 0 radical (unpaired) electrons. The van der Waals surface area contributed by atoms with E-state index in [1.54, 1.807) is 6.07 Å². The topological polar surface area (TPSA) is 98.2 Å². The number of nitrogens with zero attached hydrogens (tertiary/aromatic N) is 2. The van der Waals surface area contributed by atoms with E-state index in [1.807, 2.05) is 42.5 Å². The van der Waals surface area contributed by atoms with Crippen molar-refractivity contribution in [3.05, 3.63) is 54.1 Å². The minimum absolute atomic E-state index is 0.0400. The van der Waals surface area contributed by atoms with Gasteiger partial charge in [-0.05, 0) is 23.1 Å². The number of rotatable bonds is 5. The largest absolute Gasteiger partial charge is 0.548 e. The zero-order chi connectivity index (χ0) is 19.6. The highest BCUT2D eigenvalue weighted by Crippen LogP contribution is 2.28. The van der Waals surface area contributed by atoms with Gasteiger partial charge in [0.05, 0.1) is 24.1 Å². The summed E-state index contributed by atoms with van der Waals surface area (Å²) in [7, 11) is 0. The molecule has 0 saturated carbocycles. The zero-order valence-electron chi connectivity index (χ0n) is 15.6. The van der Waals surface area contributed by atoms with E-state index in [2.05, 4.69) is 36.1 Å². The molecule has 1 atom stereocenters. The first-order valence-corrected chi connectivity index (χ1v) is 8.75. The number of aliphatic hydroxyl groups excluding tert-OH is 1. The minimum Gasteiger partial charge on any atom is -0.548 e. The van der Waals surface area contributed by atoms with Crippen LogP contribution in [0.25, 0.3) is 22.3 Å². The molecule has 140 valence electrons. The number of nitrogens with one attached hydrogen (secondary N) is 1. The number of hydrogen-bond acceptors (Lipinski definition) is 6. The molecule has 6 nitrogen and oxygen atoms in total. The van der Waals surface area contributed by atoms with Crippen LogP contribution in [-0.4, -0.2) is 33.7 Å². The van der Waals surface area contributed by atoms with Gasteiger partial charge in [0.1, 0.15) is 5.82 Å². The molecule has 3 rings (SSSR count). The number of carbonyl (C=O) groups is 1. The van der Waals surface area contributed by atoms with Crippen LogP contribution in [0.1, 0.15) is 26.3 Å². The maximum atomic E-state index is 11.2. The van der Waals surface area contributed by atoms with Gasteiger partial charge in [0.15, 0.2) is 5.82 Å². The zero-order valence-corrected chi connectivity index (χ0v) is 15.6. The average Bonchev–Trinajstić information content (AvgIpc) is 2.65. The maximum absolute atomic E-state index is 11.2. The van der Waals surface area contributed by atoms with Gasteiger partial charge in [0.25, 0.3) is 0 Å². The van der Waals surface area contributed by atoms with Gasteiger partial charge < -0.3 is 20.3 Å². The van der Waals surface area contributed by atoms with Crippen LogP contribution < -0.4 is 10.4 Å². The molecule has 0 aliphatic heterocycles. The van der Waals surface area contributed by atoms with Crippen molar-refractivity contribution in [3.63, 3.8) is 0 Å². The third-order valence-corrected chi connectivity index (χ3v) is 4.39. The molecular formula is C21H22N3O3-. The van der Waals surface area contributed by atoms with E-state index in [-0.39, 0.29) is 5.41 Å². The fourth-order valence-electron chi connectivity index (χ4n) is 2.78. The van der Waals surface area contributed by atoms with Gasteiger partial charge in [-0.2, -0.15) is 0 Å². The lowest BCUT2D eigenvalue weighted by Crippen LogP contribution is -2.43. The van der Waals surface area contributed by atoms with Crippen LogP contribution in [0.4, 0.5) is 5.82 Å². The highest BCUT2D eigenvalue weighted by molar-refractivity contribution is 5.92. The second-order valence-electron chi connectivity index (χ2n) is 7.44. The maximum Gasteiger partial charge on any atom is 0.162 e. The van der Waals surface area contributed by atoms with Gasteiger partial charge in [-0.3, -0.25) is 0 Å².